The highest BCUT2D eigenvalue weighted by Gasteiger charge is 1.95. The second-order valence-electron chi connectivity index (χ2n) is 3.23. The average Bonchev–Trinajstić information content (AvgIpc) is 2.29. The van der Waals surface area contributed by atoms with Crippen molar-refractivity contribution in [2.75, 3.05) is 0 Å². The molecule has 2 aromatic carbocycles. The molecule has 0 atom stereocenters. The van der Waals surface area contributed by atoms with E-state index in [-0.39, 0.29) is 0 Å². The molecule has 78 valence electrons. The van der Waals surface area contributed by atoms with Crippen LogP contribution in [0.2, 0.25) is 0 Å². The normalized spacial score (nSPS) is 9.13. The third-order valence-electron chi connectivity index (χ3n) is 2.26. The summed E-state index contributed by atoms with van der Waals surface area (Å²) in [5, 5.41) is 2.74. The maximum atomic E-state index is 4.61. The van der Waals surface area contributed by atoms with Crippen LogP contribution in [0, 0.1) is 0 Å². The van der Waals surface area contributed by atoms with E-state index >= 15 is 0 Å². The van der Waals surface area contributed by atoms with Crippen molar-refractivity contribution in [3.05, 3.63) is 60.8 Å². The third-order valence-corrected chi connectivity index (χ3v) is 2.26. The summed E-state index contributed by atoms with van der Waals surface area (Å²) in [7, 11) is 0. The lowest BCUT2D eigenvalue weighted by atomic mass is 10.0. The van der Waals surface area contributed by atoms with Crippen LogP contribution in [-0.2, 0) is 6.42 Å². The Bertz CT molecular complexity index is 427. The lowest BCUT2D eigenvalue weighted by Gasteiger charge is -2.02. The van der Waals surface area contributed by atoms with E-state index in [0.29, 0.717) is 0 Å². The predicted octanol–water partition coefficient (Wildman–Crippen LogP) is 3.49. The standard InChI is InChI=1S/C12H12.C2H5N/c1-2-10-7-5-8-11-6-3-4-9-12(10)11;1-2-3/h3-9H,2H2,1H3;2H,1,3H2. The summed E-state index contributed by atoms with van der Waals surface area (Å²) < 4.78 is 0. The fraction of sp³-hybridized carbons (Fsp3) is 0.143. The van der Waals surface area contributed by atoms with Crippen LogP contribution in [0.5, 0.6) is 0 Å². The van der Waals surface area contributed by atoms with Crippen molar-refractivity contribution in [1.82, 2.24) is 0 Å². The van der Waals surface area contributed by atoms with Gasteiger partial charge in [0.25, 0.3) is 0 Å². The number of hydrogen-bond acceptors (Lipinski definition) is 1. The largest absolute Gasteiger partial charge is 0.405 e. The predicted molar refractivity (Wildman–Crippen MR) is 67.7 cm³/mol. The lowest BCUT2D eigenvalue weighted by molar-refractivity contribution is 1.16. The zero-order valence-electron chi connectivity index (χ0n) is 9.11. The van der Waals surface area contributed by atoms with Crippen LogP contribution >= 0.6 is 0 Å². The first kappa shape index (κ1) is 11.3. The summed E-state index contributed by atoms with van der Waals surface area (Å²) in [5.41, 5.74) is 6.05. The van der Waals surface area contributed by atoms with Crippen molar-refractivity contribution < 1.29 is 0 Å². The maximum Gasteiger partial charge on any atom is -0.0136 e. The summed E-state index contributed by atoms with van der Waals surface area (Å²) >= 11 is 0. The molecule has 2 aromatic rings. The van der Waals surface area contributed by atoms with Gasteiger partial charge in [0.05, 0.1) is 0 Å². The van der Waals surface area contributed by atoms with E-state index in [1.807, 2.05) is 0 Å². The Hall–Kier alpha value is -1.76. The van der Waals surface area contributed by atoms with Gasteiger partial charge in [0.2, 0.25) is 0 Å². The molecule has 1 nitrogen and oxygen atoms in total. The average molecular weight is 199 g/mol. The molecular formula is C14H17N. The van der Waals surface area contributed by atoms with Crippen LogP contribution in [0.3, 0.4) is 0 Å². The molecule has 2 rings (SSSR count). The zero-order valence-corrected chi connectivity index (χ0v) is 9.11. The van der Waals surface area contributed by atoms with Gasteiger partial charge >= 0.3 is 0 Å². The molecule has 1 heteroatoms. The number of nitrogens with two attached hydrogens (primary N) is 1. The highest BCUT2D eigenvalue weighted by atomic mass is 14.5. The fourth-order valence-corrected chi connectivity index (χ4v) is 1.60. The number of hydrogen-bond donors (Lipinski definition) is 1. The number of fused-ring (bicyclic) bond motifs is 1. The van der Waals surface area contributed by atoms with Crippen LogP contribution in [0.1, 0.15) is 12.5 Å². The highest BCUT2D eigenvalue weighted by Crippen LogP contribution is 2.18. The summed E-state index contributed by atoms with van der Waals surface area (Å²) in [5.74, 6) is 0. The Morgan fingerprint density at radius 2 is 1.73 bits per heavy atom. The van der Waals surface area contributed by atoms with Crippen molar-refractivity contribution in [3.63, 3.8) is 0 Å². The van der Waals surface area contributed by atoms with Crippen molar-refractivity contribution in [3.8, 4) is 0 Å². The highest BCUT2D eigenvalue weighted by molar-refractivity contribution is 5.85. The molecule has 0 radical (unpaired) electrons. The molecule has 0 saturated heterocycles. The van der Waals surface area contributed by atoms with Gasteiger partial charge in [-0.15, -0.1) is 0 Å². The smallest absolute Gasteiger partial charge is 0.0136 e. The lowest BCUT2D eigenvalue weighted by Crippen LogP contribution is -1.81. The van der Waals surface area contributed by atoms with E-state index < -0.39 is 0 Å². The second kappa shape index (κ2) is 5.86. The second-order valence-corrected chi connectivity index (χ2v) is 3.23. The topological polar surface area (TPSA) is 26.0 Å². The quantitative estimate of drug-likeness (QED) is 0.747. The van der Waals surface area contributed by atoms with E-state index in [0.717, 1.165) is 6.42 Å². The molecule has 15 heavy (non-hydrogen) atoms. The van der Waals surface area contributed by atoms with Crippen LogP contribution in [0.15, 0.2) is 55.2 Å². The molecule has 0 saturated carbocycles. The Morgan fingerprint density at radius 3 is 2.40 bits per heavy atom. The summed E-state index contributed by atoms with van der Waals surface area (Å²) in [6.45, 7) is 5.34. The molecule has 0 aromatic heterocycles. The van der Waals surface area contributed by atoms with E-state index in [1.54, 1.807) is 0 Å². The summed E-state index contributed by atoms with van der Waals surface area (Å²) in [4.78, 5) is 0. The van der Waals surface area contributed by atoms with Crippen LogP contribution in [0.4, 0.5) is 0 Å². The number of aryl methyl sites for hydroxylation is 1. The van der Waals surface area contributed by atoms with Gasteiger partial charge in [0, 0.05) is 0 Å². The zero-order chi connectivity index (χ0) is 11.1. The maximum absolute atomic E-state index is 4.61. The monoisotopic (exact) mass is 199 g/mol. The Morgan fingerprint density at radius 1 is 1.13 bits per heavy atom. The van der Waals surface area contributed by atoms with Crippen LogP contribution in [0.25, 0.3) is 10.8 Å². The van der Waals surface area contributed by atoms with Gasteiger partial charge in [-0.1, -0.05) is 56.0 Å². The minimum atomic E-state index is 1.11. The Labute approximate surface area is 91.2 Å². The molecule has 0 aliphatic rings. The molecule has 0 heterocycles. The SMILES string of the molecule is C=CN.CCc1cccc2ccccc12. The molecule has 0 bridgehead atoms. The number of benzene rings is 2. The third kappa shape index (κ3) is 2.84. The van der Waals surface area contributed by atoms with E-state index in [9.17, 15) is 0 Å². The Kier molecular flexibility index (Phi) is 4.42. The number of rotatable bonds is 1. The van der Waals surface area contributed by atoms with Gasteiger partial charge in [0.15, 0.2) is 0 Å². The van der Waals surface area contributed by atoms with Crippen molar-refractivity contribution >= 4 is 10.8 Å². The van der Waals surface area contributed by atoms with E-state index in [1.165, 1.54) is 22.5 Å². The molecular weight excluding hydrogens is 182 g/mol. The molecule has 2 N–H and O–H groups in total. The minimum absolute atomic E-state index is 1.11. The van der Waals surface area contributed by atoms with Gasteiger partial charge in [-0.05, 0) is 29.0 Å². The molecule has 0 unspecified atom stereocenters. The summed E-state index contributed by atoms with van der Waals surface area (Å²) in [6.07, 6.45) is 2.36. The van der Waals surface area contributed by atoms with Gasteiger partial charge < -0.3 is 5.73 Å². The minimum Gasteiger partial charge on any atom is -0.405 e. The van der Waals surface area contributed by atoms with Crippen molar-refractivity contribution in [2.24, 2.45) is 5.73 Å². The molecule has 0 aliphatic heterocycles. The van der Waals surface area contributed by atoms with Crippen LogP contribution in [-0.4, -0.2) is 0 Å². The first-order valence-corrected chi connectivity index (χ1v) is 5.12. The fourth-order valence-electron chi connectivity index (χ4n) is 1.60. The van der Waals surface area contributed by atoms with Crippen molar-refractivity contribution in [1.29, 1.82) is 0 Å². The van der Waals surface area contributed by atoms with Gasteiger partial charge in [-0.25, -0.2) is 0 Å². The van der Waals surface area contributed by atoms with Crippen molar-refractivity contribution in [2.45, 2.75) is 13.3 Å². The van der Waals surface area contributed by atoms with Gasteiger partial charge in [-0.2, -0.15) is 0 Å². The first-order chi connectivity index (χ1) is 7.33. The van der Waals surface area contributed by atoms with Gasteiger partial charge in [0.1, 0.15) is 0 Å². The molecule has 0 aliphatic carbocycles. The molecule has 0 fully saturated rings. The van der Waals surface area contributed by atoms with E-state index in [2.05, 4.69) is 61.7 Å². The summed E-state index contributed by atoms with van der Waals surface area (Å²) in [6, 6.07) is 15.0. The first-order valence-electron chi connectivity index (χ1n) is 5.12. The molecule has 0 spiro atoms. The van der Waals surface area contributed by atoms with Crippen LogP contribution < -0.4 is 5.73 Å². The molecule has 0 amide bonds. The van der Waals surface area contributed by atoms with Gasteiger partial charge in [-0.3, -0.25) is 0 Å². The van der Waals surface area contributed by atoms with E-state index in [4.69, 9.17) is 0 Å². The Balaban J connectivity index is 0.000000337.